The van der Waals surface area contributed by atoms with Gasteiger partial charge in [-0.3, -0.25) is 38.4 Å². The van der Waals surface area contributed by atoms with E-state index in [0.29, 0.717) is 0 Å². The van der Waals surface area contributed by atoms with Crippen molar-refractivity contribution in [1.82, 2.24) is 31.5 Å². The minimum Gasteiger partial charge on any atom is -0.481 e. The summed E-state index contributed by atoms with van der Waals surface area (Å²) < 4.78 is 5.43. The Morgan fingerprint density at radius 3 is 1.94 bits per heavy atom. The Kier molecular flexibility index (Phi) is 14.3. The van der Waals surface area contributed by atoms with Crippen molar-refractivity contribution >= 4 is 47.3 Å². The zero-order chi connectivity index (χ0) is 36.1. The fourth-order valence-corrected chi connectivity index (χ4v) is 4.44. The molecule has 4 atom stereocenters. The molecule has 0 aliphatic carbocycles. The molecule has 0 saturated heterocycles. The molecule has 0 aliphatic heterocycles. The molecule has 0 aliphatic rings. The van der Waals surface area contributed by atoms with Gasteiger partial charge in [0.15, 0.2) is 0 Å². The van der Waals surface area contributed by atoms with Crippen LogP contribution in [0.1, 0.15) is 74.2 Å². The second kappa shape index (κ2) is 17.9. The Hall–Kier alpha value is -5.68. The number of hydrogen-bond donors (Lipinski definition) is 7. The predicted molar refractivity (Wildman–Crippen MR) is 162 cm³/mol. The Morgan fingerprint density at radius 2 is 1.38 bits per heavy atom. The van der Waals surface area contributed by atoms with E-state index < -0.39 is 109 Å². The molecular weight excluding hydrogens is 636 g/mol. The number of nitrogens with one attached hydrogen (secondary N) is 4. The van der Waals surface area contributed by atoms with E-state index in [1.165, 1.54) is 13.8 Å². The highest BCUT2D eigenvalue weighted by Gasteiger charge is 2.35. The molecule has 0 spiro atoms. The molecule has 0 radical (unpaired) electrons. The van der Waals surface area contributed by atoms with E-state index in [1.54, 1.807) is 6.07 Å². The fourth-order valence-electron chi connectivity index (χ4n) is 4.44. The number of carbonyl (C=O) groups excluding carboxylic acids is 5. The van der Waals surface area contributed by atoms with Crippen molar-refractivity contribution in [1.29, 1.82) is 0 Å². The average molecular weight is 675 g/mol. The van der Waals surface area contributed by atoms with Crippen molar-refractivity contribution in [2.24, 2.45) is 5.92 Å². The number of Topliss-reactive ketones (excluding diaryl/α,β-unsaturated/α-hetero) is 1. The zero-order valence-electron chi connectivity index (χ0n) is 26.6. The van der Waals surface area contributed by atoms with Crippen LogP contribution in [0.4, 0.5) is 0 Å². The number of rotatable bonds is 19. The topological polar surface area (TPSA) is 284 Å². The standard InChI is InChI=1S/C30H38N6O12/c1-14(2)25(34-28(46)20(13-24(42)43)31-16(4)37)29(47)32-18(8-9-22(38)39)27(45)33-19(12-23(40)41)26(44)30-36-35-21(48-30)11-17-7-5-6-15(3)10-17/h5-7,10,14,18-20,25H,8-9,11-13H2,1-4H3,(H,31,37)(H,32,47)(H,33,45)(H,34,46)(H,38,39)(H,40,41)(H,42,43)/t18-,19-,20-,25-/m0/s1. The molecule has 260 valence electrons. The lowest BCUT2D eigenvalue weighted by atomic mass is 10.0. The van der Waals surface area contributed by atoms with Gasteiger partial charge in [-0.15, -0.1) is 10.2 Å². The monoisotopic (exact) mass is 674 g/mol. The summed E-state index contributed by atoms with van der Waals surface area (Å²) in [7, 11) is 0. The molecule has 1 aromatic carbocycles. The molecule has 18 heteroatoms. The number of ketones is 1. The largest absolute Gasteiger partial charge is 0.481 e. The van der Waals surface area contributed by atoms with E-state index in [-0.39, 0.29) is 12.3 Å². The van der Waals surface area contributed by atoms with Crippen molar-refractivity contribution in [3.63, 3.8) is 0 Å². The first kappa shape index (κ1) is 38.5. The Balaban J connectivity index is 2.26. The van der Waals surface area contributed by atoms with Crippen LogP contribution in [-0.2, 0) is 40.0 Å². The number of carbonyl (C=O) groups is 8. The number of nitrogens with zero attached hydrogens (tertiary/aromatic N) is 2. The normalized spacial score (nSPS) is 13.4. The first-order chi connectivity index (χ1) is 22.5. The van der Waals surface area contributed by atoms with E-state index in [0.717, 1.165) is 18.1 Å². The van der Waals surface area contributed by atoms with Gasteiger partial charge in [-0.25, -0.2) is 0 Å². The van der Waals surface area contributed by atoms with E-state index in [2.05, 4.69) is 31.5 Å². The predicted octanol–water partition coefficient (Wildman–Crippen LogP) is -0.419. The number of aliphatic carboxylic acids is 3. The lowest BCUT2D eigenvalue weighted by Crippen LogP contribution is -2.59. The van der Waals surface area contributed by atoms with Gasteiger partial charge in [0.25, 0.3) is 5.89 Å². The number of carboxylic acid groups (broad SMARTS) is 3. The lowest BCUT2D eigenvalue weighted by molar-refractivity contribution is -0.141. The first-order valence-electron chi connectivity index (χ1n) is 14.7. The molecule has 0 unspecified atom stereocenters. The lowest BCUT2D eigenvalue weighted by Gasteiger charge is -2.27. The molecule has 1 heterocycles. The smallest absolute Gasteiger partial charge is 0.305 e. The molecule has 4 amide bonds. The van der Waals surface area contributed by atoms with Gasteiger partial charge in [-0.1, -0.05) is 43.7 Å². The number of carboxylic acids is 3. The second-order valence-electron chi connectivity index (χ2n) is 11.3. The van der Waals surface area contributed by atoms with Gasteiger partial charge in [-0.05, 0) is 24.8 Å². The van der Waals surface area contributed by atoms with Crippen LogP contribution in [0, 0.1) is 12.8 Å². The molecule has 0 bridgehead atoms. The number of aryl methyl sites for hydroxylation is 1. The molecule has 7 N–H and O–H groups in total. The third kappa shape index (κ3) is 12.6. The number of hydrogen-bond acceptors (Lipinski definition) is 11. The second-order valence-corrected chi connectivity index (χ2v) is 11.3. The van der Waals surface area contributed by atoms with E-state index in [4.69, 9.17) is 9.52 Å². The third-order valence-electron chi connectivity index (χ3n) is 6.73. The van der Waals surface area contributed by atoms with Gasteiger partial charge in [0.2, 0.25) is 35.3 Å². The highest BCUT2D eigenvalue weighted by atomic mass is 16.4. The first-order valence-corrected chi connectivity index (χ1v) is 14.7. The summed E-state index contributed by atoms with van der Waals surface area (Å²) in [5, 5.41) is 44.3. The molecule has 48 heavy (non-hydrogen) atoms. The summed E-state index contributed by atoms with van der Waals surface area (Å²) in [5.41, 5.74) is 1.76. The van der Waals surface area contributed by atoms with Crippen molar-refractivity contribution in [3.8, 4) is 0 Å². The van der Waals surface area contributed by atoms with Crippen LogP contribution in [0.15, 0.2) is 28.7 Å². The van der Waals surface area contributed by atoms with Crippen LogP contribution in [0.2, 0.25) is 0 Å². The SMILES string of the molecule is CC(=O)N[C@@H](CC(=O)O)C(=O)N[C@H](C(=O)N[C@@H](CCC(=O)O)C(=O)N[C@@H](CC(=O)O)C(=O)c1nnc(Cc2cccc(C)c2)o1)C(C)C. The number of benzene rings is 1. The molecule has 2 aromatic rings. The molecule has 0 fully saturated rings. The maximum atomic E-state index is 13.3. The number of aromatic nitrogens is 2. The van der Waals surface area contributed by atoms with E-state index in [1.807, 2.05) is 25.1 Å². The Labute approximate surface area is 274 Å². The van der Waals surface area contributed by atoms with Crippen LogP contribution in [0.25, 0.3) is 0 Å². The summed E-state index contributed by atoms with van der Waals surface area (Å²) in [6.45, 7) is 5.97. The number of amides is 4. The quantitative estimate of drug-likeness (QED) is 0.0932. The van der Waals surface area contributed by atoms with Gasteiger partial charge < -0.3 is 41.0 Å². The van der Waals surface area contributed by atoms with Crippen LogP contribution in [0.5, 0.6) is 0 Å². The van der Waals surface area contributed by atoms with E-state index in [9.17, 15) is 48.6 Å². The molecular formula is C30H38N6O12. The highest BCUT2D eigenvalue weighted by Crippen LogP contribution is 2.13. The summed E-state index contributed by atoms with van der Waals surface area (Å²) in [5.74, 6) is -10.3. The summed E-state index contributed by atoms with van der Waals surface area (Å²) in [6.07, 6.45) is -2.71. The van der Waals surface area contributed by atoms with Crippen molar-refractivity contribution < 1.29 is 58.1 Å². The minimum atomic E-state index is -1.76. The van der Waals surface area contributed by atoms with Gasteiger partial charge >= 0.3 is 17.9 Å². The third-order valence-corrected chi connectivity index (χ3v) is 6.73. The van der Waals surface area contributed by atoms with Gasteiger partial charge in [-0.2, -0.15) is 0 Å². The van der Waals surface area contributed by atoms with Gasteiger partial charge in [0.1, 0.15) is 24.2 Å². The fraction of sp³-hybridized carbons (Fsp3) is 0.467. The van der Waals surface area contributed by atoms with Crippen molar-refractivity contribution in [2.75, 3.05) is 0 Å². The van der Waals surface area contributed by atoms with Crippen LogP contribution in [0.3, 0.4) is 0 Å². The van der Waals surface area contributed by atoms with Crippen LogP contribution >= 0.6 is 0 Å². The minimum absolute atomic E-state index is 0.0434. The molecule has 18 nitrogen and oxygen atoms in total. The maximum Gasteiger partial charge on any atom is 0.305 e. The maximum absolute atomic E-state index is 13.3. The van der Waals surface area contributed by atoms with Crippen molar-refractivity contribution in [3.05, 3.63) is 47.2 Å². The average Bonchev–Trinajstić information content (AvgIpc) is 3.43. The molecule has 1 aromatic heterocycles. The van der Waals surface area contributed by atoms with Crippen molar-refractivity contribution in [2.45, 2.75) is 84.0 Å². The summed E-state index contributed by atoms with van der Waals surface area (Å²) >= 11 is 0. The van der Waals surface area contributed by atoms with Crippen LogP contribution in [-0.4, -0.2) is 97.0 Å². The Morgan fingerprint density at radius 1 is 0.771 bits per heavy atom. The summed E-state index contributed by atoms with van der Waals surface area (Å²) in [4.78, 5) is 98.2. The molecule has 0 saturated carbocycles. The molecule has 2 rings (SSSR count). The van der Waals surface area contributed by atoms with Crippen LogP contribution < -0.4 is 21.3 Å². The highest BCUT2D eigenvalue weighted by molar-refractivity contribution is 6.01. The zero-order valence-corrected chi connectivity index (χ0v) is 26.6. The Bertz CT molecular complexity index is 1520. The van der Waals surface area contributed by atoms with E-state index >= 15 is 0 Å². The van der Waals surface area contributed by atoms with Gasteiger partial charge in [0, 0.05) is 13.3 Å². The summed E-state index contributed by atoms with van der Waals surface area (Å²) in [6, 6.07) is 1.01. The van der Waals surface area contributed by atoms with Gasteiger partial charge in [0.05, 0.1) is 19.3 Å².